The maximum absolute atomic E-state index is 11.5. The normalized spacial score (nSPS) is 22.3. The Bertz CT molecular complexity index is 501. The topological polar surface area (TPSA) is 58.4 Å². The minimum absolute atomic E-state index is 0.0329. The van der Waals surface area contributed by atoms with Crippen molar-refractivity contribution >= 4 is 11.6 Å². The number of nitrogens with zero attached hydrogens (tertiary/aromatic N) is 1. The molecule has 0 spiro atoms. The molecule has 1 aliphatic rings. The summed E-state index contributed by atoms with van der Waals surface area (Å²) in [5.41, 5.74) is 9.32. The van der Waals surface area contributed by atoms with Gasteiger partial charge in [-0.25, -0.2) is 0 Å². The SMILES string of the molecule is CCNCc1cc(C)ccc1N1CC(C(N)=O)CCC1C. The van der Waals surface area contributed by atoms with Crippen molar-refractivity contribution in [2.45, 2.75) is 46.2 Å². The quantitative estimate of drug-likeness (QED) is 0.873. The van der Waals surface area contributed by atoms with Crippen LogP contribution in [0.1, 0.15) is 37.8 Å². The first kappa shape index (κ1) is 15.8. The van der Waals surface area contributed by atoms with E-state index in [4.69, 9.17) is 5.73 Å². The first-order chi connectivity index (χ1) is 10.0. The fraction of sp³-hybridized carbons (Fsp3) is 0.588. The van der Waals surface area contributed by atoms with E-state index in [0.717, 1.165) is 32.5 Å². The summed E-state index contributed by atoms with van der Waals surface area (Å²) in [4.78, 5) is 13.9. The fourth-order valence-corrected chi connectivity index (χ4v) is 3.07. The molecule has 2 rings (SSSR count). The van der Waals surface area contributed by atoms with Crippen LogP contribution in [0.2, 0.25) is 0 Å². The van der Waals surface area contributed by atoms with E-state index in [1.165, 1.54) is 16.8 Å². The Hall–Kier alpha value is -1.55. The van der Waals surface area contributed by atoms with Crippen LogP contribution in [0, 0.1) is 12.8 Å². The van der Waals surface area contributed by atoms with E-state index in [0.29, 0.717) is 6.04 Å². The lowest BCUT2D eigenvalue weighted by atomic mass is 9.91. The monoisotopic (exact) mass is 289 g/mol. The highest BCUT2D eigenvalue weighted by Crippen LogP contribution is 2.30. The Morgan fingerprint density at radius 3 is 2.86 bits per heavy atom. The molecule has 0 aromatic heterocycles. The van der Waals surface area contributed by atoms with Gasteiger partial charge < -0.3 is 16.0 Å². The molecule has 0 radical (unpaired) electrons. The lowest BCUT2D eigenvalue weighted by Crippen LogP contribution is -2.46. The third-order valence-electron chi connectivity index (χ3n) is 4.39. The van der Waals surface area contributed by atoms with Crippen molar-refractivity contribution in [1.82, 2.24) is 5.32 Å². The minimum atomic E-state index is -0.174. The van der Waals surface area contributed by atoms with Crippen molar-refractivity contribution in [1.29, 1.82) is 0 Å². The van der Waals surface area contributed by atoms with Crippen LogP contribution in [-0.4, -0.2) is 25.0 Å². The van der Waals surface area contributed by atoms with Crippen molar-refractivity contribution < 1.29 is 4.79 Å². The number of hydrogen-bond donors (Lipinski definition) is 2. The van der Waals surface area contributed by atoms with E-state index in [1.807, 2.05) is 0 Å². The Kier molecular flexibility index (Phi) is 5.23. The van der Waals surface area contributed by atoms with E-state index in [2.05, 4.69) is 49.2 Å². The molecule has 1 saturated heterocycles. The summed E-state index contributed by atoms with van der Waals surface area (Å²) in [7, 11) is 0. The summed E-state index contributed by atoms with van der Waals surface area (Å²) in [6, 6.07) is 7.01. The van der Waals surface area contributed by atoms with Gasteiger partial charge in [-0.05, 0) is 44.9 Å². The van der Waals surface area contributed by atoms with E-state index in [1.54, 1.807) is 0 Å². The Morgan fingerprint density at radius 1 is 1.43 bits per heavy atom. The van der Waals surface area contributed by atoms with E-state index < -0.39 is 0 Å². The van der Waals surface area contributed by atoms with Gasteiger partial charge in [-0.3, -0.25) is 4.79 Å². The van der Waals surface area contributed by atoms with Crippen molar-refractivity contribution in [2.24, 2.45) is 11.7 Å². The Morgan fingerprint density at radius 2 is 2.19 bits per heavy atom. The van der Waals surface area contributed by atoms with Gasteiger partial charge in [0.25, 0.3) is 0 Å². The summed E-state index contributed by atoms with van der Waals surface area (Å²) in [5, 5.41) is 3.40. The van der Waals surface area contributed by atoms with E-state index in [-0.39, 0.29) is 11.8 Å². The number of piperidine rings is 1. The zero-order chi connectivity index (χ0) is 15.4. The van der Waals surface area contributed by atoms with Crippen LogP contribution in [0.25, 0.3) is 0 Å². The van der Waals surface area contributed by atoms with Gasteiger partial charge in [0.15, 0.2) is 0 Å². The molecule has 116 valence electrons. The Balaban J connectivity index is 2.27. The molecule has 4 nitrogen and oxygen atoms in total. The van der Waals surface area contributed by atoms with Crippen LogP contribution >= 0.6 is 0 Å². The second-order valence-electron chi connectivity index (χ2n) is 6.09. The molecule has 0 bridgehead atoms. The van der Waals surface area contributed by atoms with Crippen LogP contribution in [0.15, 0.2) is 18.2 Å². The van der Waals surface area contributed by atoms with Gasteiger partial charge in [0, 0.05) is 24.8 Å². The number of amides is 1. The molecule has 1 aliphatic heterocycles. The van der Waals surface area contributed by atoms with E-state index >= 15 is 0 Å². The van der Waals surface area contributed by atoms with Crippen molar-refractivity contribution in [3.63, 3.8) is 0 Å². The minimum Gasteiger partial charge on any atom is -0.369 e. The predicted octanol–water partition coefficient (Wildman–Crippen LogP) is 2.19. The molecule has 0 saturated carbocycles. The van der Waals surface area contributed by atoms with Crippen molar-refractivity contribution in [2.75, 3.05) is 18.0 Å². The molecule has 1 heterocycles. The van der Waals surface area contributed by atoms with Gasteiger partial charge in [-0.2, -0.15) is 0 Å². The number of carbonyl (C=O) groups excluding carboxylic acids is 1. The molecule has 4 heteroatoms. The van der Waals surface area contributed by atoms with Crippen LogP contribution in [0.5, 0.6) is 0 Å². The zero-order valence-electron chi connectivity index (χ0n) is 13.4. The summed E-state index contributed by atoms with van der Waals surface area (Å²) in [6.45, 7) is 9.00. The van der Waals surface area contributed by atoms with Crippen molar-refractivity contribution in [3.8, 4) is 0 Å². The predicted molar refractivity (Wildman–Crippen MR) is 87.3 cm³/mol. The number of anilines is 1. The molecule has 1 amide bonds. The maximum atomic E-state index is 11.5. The van der Waals surface area contributed by atoms with Crippen LogP contribution in [0.4, 0.5) is 5.69 Å². The summed E-state index contributed by atoms with van der Waals surface area (Å²) in [5.74, 6) is -0.207. The molecule has 0 aliphatic carbocycles. The molecule has 2 atom stereocenters. The highest BCUT2D eigenvalue weighted by atomic mass is 16.1. The van der Waals surface area contributed by atoms with E-state index in [9.17, 15) is 4.79 Å². The number of nitrogens with two attached hydrogens (primary N) is 1. The third kappa shape index (κ3) is 3.76. The van der Waals surface area contributed by atoms with Crippen molar-refractivity contribution in [3.05, 3.63) is 29.3 Å². The number of rotatable bonds is 5. The first-order valence-corrected chi connectivity index (χ1v) is 7.89. The number of hydrogen-bond acceptors (Lipinski definition) is 3. The molecule has 1 aromatic rings. The molecule has 21 heavy (non-hydrogen) atoms. The van der Waals surface area contributed by atoms with Gasteiger partial charge in [-0.15, -0.1) is 0 Å². The lowest BCUT2D eigenvalue weighted by molar-refractivity contribution is -0.122. The standard InChI is InChI=1S/C17H27N3O/c1-4-19-10-15-9-12(2)5-8-16(15)20-11-14(17(18)21)7-6-13(20)3/h5,8-9,13-14,19H,4,6-7,10-11H2,1-3H3,(H2,18,21). The molecule has 1 aromatic carbocycles. The maximum Gasteiger partial charge on any atom is 0.222 e. The second kappa shape index (κ2) is 6.94. The summed E-state index contributed by atoms with van der Waals surface area (Å²) >= 11 is 0. The van der Waals surface area contributed by atoms with Gasteiger partial charge >= 0.3 is 0 Å². The average Bonchev–Trinajstić information content (AvgIpc) is 2.46. The zero-order valence-corrected chi connectivity index (χ0v) is 13.4. The van der Waals surface area contributed by atoms with Gasteiger partial charge in [0.2, 0.25) is 5.91 Å². The summed E-state index contributed by atoms with van der Waals surface area (Å²) in [6.07, 6.45) is 1.92. The third-order valence-corrected chi connectivity index (χ3v) is 4.39. The average molecular weight is 289 g/mol. The number of nitrogens with one attached hydrogen (secondary N) is 1. The number of aryl methyl sites for hydroxylation is 1. The molecule has 1 fully saturated rings. The number of benzene rings is 1. The highest BCUT2D eigenvalue weighted by Gasteiger charge is 2.29. The Labute approximate surface area is 127 Å². The first-order valence-electron chi connectivity index (χ1n) is 7.89. The molecular weight excluding hydrogens is 262 g/mol. The van der Waals surface area contributed by atoms with Crippen LogP contribution < -0.4 is 16.0 Å². The van der Waals surface area contributed by atoms with Crippen LogP contribution in [0.3, 0.4) is 0 Å². The highest BCUT2D eigenvalue weighted by molar-refractivity contribution is 5.78. The second-order valence-corrected chi connectivity index (χ2v) is 6.09. The molecule has 2 unspecified atom stereocenters. The largest absolute Gasteiger partial charge is 0.369 e. The lowest BCUT2D eigenvalue weighted by Gasteiger charge is -2.39. The van der Waals surface area contributed by atoms with Gasteiger partial charge in [0.05, 0.1) is 5.92 Å². The number of carbonyl (C=O) groups is 1. The molecule has 3 N–H and O–H groups in total. The fourth-order valence-electron chi connectivity index (χ4n) is 3.07. The van der Waals surface area contributed by atoms with Gasteiger partial charge in [-0.1, -0.05) is 24.6 Å². The molecular formula is C17H27N3O. The smallest absolute Gasteiger partial charge is 0.222 e. The number of primary amides is 1. The van der Waals surface area contributed by atoms with Gasteiger partial charge in [0.1, 0.15) is 0 Å². The van der Waals surface area contributed by atoms with Crippen LogP contribution in [-0.2, 0) is 11.3 Å². The summed E-state index contributed by atoms with van der Waals surface area (Å²) < 4.78 is 0.